The third-order valence-electron chi connectivity index (χ3n) is 8.13. The average molecular weight is 551 g/mol. The van der Waals surface area contributed by atoms with Crippen LogP contribution >= 0.6 is 11.3 Å². The minimum atomic E-state index is -3.80. The zero-order valence-electron chi connectivity index (χ0n) is 22.0. The average Bonchev–Trinajstić information content (AvgIpc) is 3.35. The number of benzene rings is 1. The number of nitrogens with zero attached hydrogens (tertiary/aromatic N) is 4. The molecule has 0 spiro atoms. The molecule has 2 fully saturated rings. The van der Waals surface area contributed by atoms with E-state index in [2.05, 4.69) is 17.9 Å². The van der Waals surface area contributed by atoms with E-state index in [1.54, 1.807) is 41.8 Å². The van der Waals surface area contributed by atoms with Crippen molar-refractivity contribution >= 4 is 32.4 Å². The summed E-state index contributed by atoms with van der Waals surface area (Å²) in [6, 6.07) is 11.4. The van der Waals surface area contributed by atoms with E-state index in [1.165, 1.54) is 22.4 Å². The lowest BCUT2D eigenvalue weighted by atomic mass is 9.81. The molecule has 0 atom stereocenters. The first kappa shape index (κ1) is 25.7. The van der Waals surface area contributed by atoms with Gasteiger partial charge in [-0.2, -0.15) is 0 Å². The van der Waals surface area contributed by atoms with Crippen molar-refractivity contribution in [3.8, 4) is 10.6 Å². The normalized spacial score (nSPS) is 21.5. The molecule has 200 valence electrons. The highest BCUT2D eigenvalue weighted by Crippen LogP contribution is 2.39. The van der Waals surface area contributed by atoms with Crippen LogP contribution in [0.5, 0.6) is 0 Å². The quantitative estimate of drug-likeness (QED) is 0.314. The third-order valence-corrected chi connectivity index (χ3v) is 10.9. The zero-order valence-corrected chi connectivity index (χ0v) is 23.6. The molecule has 7 nitrogen and oxygen atoms in total. The van der Waals surface area contributed by atoms with Crippen molar-refractivity contribution in [2.75, 3.05) is 26.3 Å². The van der Waals surface area contributed by atoms with Gasteiger partial charge in [0.1, 0.15) is 5.01 Å². The van der Waals surface area contributed by atoms with E-state index in [9.17, 15) is 8.42 Å². The Bertz CT molecular complexity index is 1510. The Kier molecular flexibility index (Phi) is 7.11. The van der Waals surface area contributed by atoms with E-state index in [0.717, 1.165) is 72.1 Å². The van der Waals surface area contributed by atoms with Crippen LogP contribution in [0.2, 0.25) is 0 Å². The van der Waals surface area contributed by atoms with E-state index in [0.29, 0.717) is 17.6 Å². The predicted molar refractivity (Wildman–Crippen MR) is 151 cm³/mol. The standard InChI is InChI=1S/C29H34N4O3S2/c1-20-21(2)37-29(31-20)27-19-33(38(34,35)25-7-4-3-5-8-25)28-26(27)17-23(18-30-28)22-9-11-24(12-10-22)32-13-6-15-36-16-14-32/h3-5,7-8,17-19,22,24H,6,9-16H2,1-2H3/t22-,24-. The summed E-state index contributed by atoms with van der Waals surface area (Å²) in [5.41, 5.74) is 3.44. The molecule has 0 N–H and O–H groups in total. The molecule has 1 saturated carbocycles. The van der Waals surface area contributed by atoms with E-state index in [4.69, 9.17) is 14.7 Å². The molecule has 1 aliphatic heterocycles. The summed E-state index contributed by atoms with van der Waals surface area (Å²) in [5, 5.41) is 1.68. The molecule has 6 rings (SSSR count). The second-order valence-electron chi connectivity index (χ2n) is 10.5. The number of fused-ring (bicyclic) bond motifs is 1. The number of thiazole rings is 1. The molecule has 0 amide bonds. The fourth-order valence-electron chi connectivity index (χ4n) is 5.87. The third kappa shape index (κ3) is 4.81. The molecule has 1 aliphatic carbocycles. The number of aryl methyl sites for hydroxylation is 2. The number of pyridine rings is 1. The smallest absolute Gasteiger partial charge is 0.269 e. The largest absolute Gasteiger partial charge is 0.380 e. The molecule has 1 aromatic carbocycles. The van der Waals surface area contributed by atoms with Gasteiger partial charge in [0.05, 0.1) is 17.2 Å². The predicted octanol–water partition coefficient (Wildman–Crippen LogP) is 5.76. The Morgan fingerprint density at radius 3 is 2.55 bits per heavy atom. The second kappa shape index (κ2) is 10.5. The number of hydrogen-bond acceptors (Lipinski definition) is 7. The fourth-order valence-corrected chi connectivity index (χ4v) is 8.16. The molecule has 38 heavy (non-hydrogen) atoms. The molecular formula is C29H34N4O3S2. The molecule has 4 heterocycles. The van der Waals surface area contributed by atoms with Crippen LogP contribution in [0, 0.1) is 13.8 Å². The maximum atomic E-state index is 13.7. The summed E-state index contributed by atoms with van der Waals surface area (Å²) in [6.07, 6.45) is 9.29. The van der Waals surface area contributed by atoms with Crippen LogP contribution in [0.15, 0.2) is 53.7 Å². The van der Waals surface area contributed by atoms with Gasteiger partial charge < -0.3 is 4.74 Å². The van der Waals surface area contributed by atoms with Gasteiger partial charge in [0.15, 0.2) is 5.65 Å². The van der Waals surface area contributed by atoms with E-state index in [-0.39, 0.29) is 4.90 Å². The van der Waals surface area contributed by atoms with Crippen molar-refractivity contribution in [1.82, 2.24) is 18.8 Å². The number of rotatable bonds is 5. The summed E-state index contributed by atoms with van der Waals surface area (Å²) >= 11 is 1.60. The SMILES string of the molecule is Cc1nc(-c2cn(S(=O)(=O)c3ccccc3)c3ncc([C@H]4CC[C@H](N5CCCOCC5)CC4)cc23)sc1C. The van der Waals surface area contributed by atoms with Gasteiger partial charge in [-0.15, -0.1) is 11.3 Å². The minimum Gasteiger partial charge on any atom is -0.380 e. The van der Waals surface area contributed by atoms with Crippen molar-refractivity contribution in [2.45, 2.75) is 62.8 Å². The number of aromatic nitrogens is 3. The molecular weight excluding hydrogens is 516 g/mol. The Morgan fingerprint density at radius 1 is 1.03 bits per heavy atom. The van der Waals surface area contributed by atoms with Gasteiger partial charge in [0.25, 0.3) is 10.0 Å². The summed E-state index contributed by atoms with van der Waals surface area (Å²) < 4.78 is 34.3. The van der Waals surface area contributed by atoms with Gasteiger partial charge in [-0.05, 0) is 75.6 Å². The maximum Gasteiger partial charge on any atom is 0.269 e. The minimum absolute atomic E-state index is 0.248. The molecule has 0 unspecified atom stereocenters. The Balaban J connectivity index is 1.36. The molecule has 0 bridgehead atoms. The van der Waals surface area contributed by atoms with Crippen LogP contribution in [-0.4, -0.2) is 59.6 Å². The lowest BCUT2D eigenvalue weighted by Crippen LogP contribution is -2.39. The van der Waals surface area contributed by atoms with Crippen molar-refractivity contribution in [3.05, 3.63) is 64.9 Å². The first-order chi connectivity index (χ1) is 18.4. The van der Waals surface area contributed by atoms with Gasteiger partial charge >= 0.3 is 0 Å². The van der Waals surface area contributed by atoms with Crippen LogP contribution in [0.3, 0.4) is 0 Å². The van der Waals surface area contributed by atoms with Gasteiger partial charge in [-0.3, -0.25) is 4.90 Å². The highest BCUT2D eigenvalue weighted by molar-refractivity contribution is 7.90. The first-order valence-corrected chi connectivity index (χ1v) is 15.8. The van der Waals surface area contributed by atoms with E-state index >= 15 is 0 Å². The summed E-state index contributed by atoms with van der Waals surface area (Å²) in [7, 11) is -3.80. The number of ether oxygens (including phenoxy) is 1. The monoisotopic (exact) mass is 550 g/mol. The topological polar surface area (TPSA) is 77.3 Å². The summed E-state index contributed by atoms with van der Waals surface area (Å²) in [6.45, 7) is 7.91. The Morgan fingerprint density at radius 2 is 1.82 bits per heavy atom. The fraction of sp³-hybridized carbons (Fsp3) is 0.448. The van der Waals surface area contributed by atoms with Crippen LogP contribution < -0.4 is 0 Å². The van der Waals surface area contributed by atoms with Crippen molar-refractivity contribution < 1.29 is 13.2 Å². The second-order valence-corrected chi connectivity index (χ2v) is 13.5. The van der Waals surface area contributed by atoms with E-state index in [1.807, 2.05) is 19.2 Å². The van der Waals surface area contributed by atoms with Gasteiger partial charge in [0, 0.05) is 54.0 Å². The molecule has 0 radical (unpaired) electrons. The van der Waals surface area contributed by atoms with Crippen LogP contribution in [0.1, 0.15) is 54.2 Å². The summed E-state index contributed by atoms with van der Waals surface area (Å²) in [5.74, 6) is 0.424. The summed E-state index contributed by atoms with van der Waals surface area (Å²) in [4.78, 5) is 13.6. The van der Waals surface area contributed by atoms with Gasteiger partial charge in [-0.25, -0.2) is 22.4 Å². The van der Waals surface area contributed by atoms with Crippen LogP contribution in [0.25, 0.3) is 21.6 Å². The molecule has 2 aliphatic rings. The van der Waals surface area contributed by atoms with E-state index < -0.39 is 10.0 Å². The molecule has 4 aromatic rings. The van der Waals surface area contributed by atoms with Crippen molar-refractivity contribution in [3.63, 3.8) is 0 Å². The Labute approximate surface area is 228 Å². The van der Waals surface area contributed by atoms with Crippen LogP contribution in [-0.2, 0) is 14.8 Å². The Hall–Kier alpha value is -2.59. The molecule has 3 aromatic heterocycles. The lowest BCUT2D eigenvalue weighted by molar-refractivity contribution is 0.118. The lowest BCUT2D eigenvalue weighted by Gasteiger charge is -2.36. The van der Waals surface area contributed by atoms with Gasteiger partial charge in [-0.1, -0.05) is 18.2 Å². The molecule has 9 heteroatoms. The zero-order chi connectivity index (χ0) is 26.3. The van der Waals surface area contributed by atoms with Crippen LogP contribution in [0.4, 0.5) is 0 Å². The molecule has 1 saturated heterocycles. The van der Waals surface area contributed by atoms with Gasteiger partial charge in [0.2, 0.25) is 0 Å². The maximum absolute atomic E-state index is 13.7. The number of hydrogen-bond donors (Lipinski definition) is 0. The first-order valence-electron chi connectivity index (χ1n) is 13.5. The van der Waals surface area contributed by atoms with Crippen molar-refractivity contribution in [2.24, 2.45) is 0 Å². The highest BCUT2D eigenvalue weighted by Gasteiger charge is 2.29. The highest BCUT2D eigenvalue weighted by atomic mass is 32.2. The van der Waals surface area contributed by atoms with Crippen molar-refractivity contribution in [1.29, 1.82) is 0 Å².